The molecule has 1 nitrogen and oxygen atoms in total. The summed E-state index contributed by atoms with van der Waals surface area (Å²) in [4.78, 5) is 0. The molecule has 8 aromatic rings. The number of aromatic nitrogens is 1. The maximum Gasteiger partial charge on any atom is 0.0544 e. The molecule has 42 heavy (non-hydrogen) atoms. The normalized spacial score (nSPS) is 14.1. The summed E-state index contributed by atoms with van der Waals surface area (Å²) in [6.45, 7) is 4.80. The molecule has 0 fully saturated rings. The second-order valence-electron chi connectivity index (χ2n) is 12.5. The third kappa shape index (κ3) is 2.61. The van der Waals surface area contributed by atoms with Crippen molar-refractivity contribution in [2.75, 3.05) is 0 Å². The van der Waals surface area contributed by atoms with Crippen molar-refractivity contribution in [1.82, 2.24) is 4.57 Å². The lowest BCUT2D eigenvalue weighted by Gasteiger charge is -2.23. The molecular formula is C41H27N. The van der Waals surface area contributed by atoms with E-state index >= 15 is 0 Å². The maximum absolute atomic E-state index is 2.52. The Balaban J connectivity index is 1.32. The van der Waals surface area contributed by atoms with Gasteiger partial charge in [-0.2, -0.15) is 0 Å². The Labute approximate surface area is 244 Å². The molecule has 0 radical (unpaired) electrons. The summed E-state index contributed by atoms with van der Waals surface area (Å²) in [7, 11) is 0. The van der Waals surface area contributed by atoms with Crippen LogP contribution in [0.1, 0.15) is 25.0 Å². The van der Waals surface area contributed by atoms with Crippen molar-refractivity contribution in [3.8, 4) is 39.1 Å². The average molecular weight is 534 g/mol. The van der Waals surface area contributed by atoms with Crippen LogP contribution < -0.4 is 0 Å². The lowest BCUT2D eigenvalue weighted by atomic mass is 9.80. The Morgan fingerprint density at radius 3 is 1.98 bits per heavy atom. The van der Waals surface area contributed by atoms with E-state index in [0.29, 0.717) is 0 Å². The van der Waals surface area contributed by atoms with Gasteiger partial charge in [-0.25, -0.2) is 0 Å². The van der Waals surface area contributed by atoms with Gasteiger partial charge in [-0.1, -0.05) is 117 Å². The summed E-state index contributed by atoms with van der Waals surface area (Å²) in [5.74, 6) is 0. The zero-order chi connectivity index (χ0) is 27.7. The minimum absolute atomic E-state index is 0.106. The number of hydrogen-bond acceptors (Lipinski definition) is 0. The van der Waals surface area contributed by atoms with E-state index in [1.807, 2.05) is 0 Å². The quantitative estimate of drug-likeness (QED) is 0.198. The van der Waals surface area contributed by atoms with Gasteiger partial charge in [-0.05, 0) is 84.9 Å². The predicted molar refractivity (Wildman–Crippen MR) is 178 cm³/mol. The zero-order valence-corrected chi connectivity index (χ0v) is 23.6. The Hall–Kier alpha value is -5.14. The first-order chi connectivity index (χ1) is 20.6. The third-order valence-electron chi connectivity index (χ3n) is 10.1. The van der Waals surface area contributed by atoms with Gasteiger partial charge in [0.15, 0.2) is 0 Å². The third-order valence-corrected chi connectivity index (χ3v) is 10.1. The largest absolute Gasteiger partial charge is 0.309 e. The van der Waals surface area contributed by atoms with Gasteiger partial charge in [0.2, 0.25) is 0 Å². The topological polar surface area (TPSA) is 4.93 Å². The summed E-state index contributed by atoms with van der Waals surface area (Å²) >= 11 is 0. The molecule has 1 heteroatoms. The van der Waals surface area contributed by atoms with Crippen molar-refractivity contribution >= 4 is 43.4 Å². The van der Waals surface area contributed by atoms with Gasteiger partial charge in [-0.3, -0.25) is 0 Å². The van der Waals surface area contributed by atoms with Gasteiger partial charge in [0.1, 0.15) is 0 Å². The molecule has 2 aliphatic rings. The van der Waals surface area contributed by atoms with Crippen LogP contribution in [0.25, 0.3) is 82.4 Å². The molecule has 0 saturated carbocycles. The molecule has 1 heterocycles. The molecule has 10 rings (SSSR count). The lowest BCUT2D eigenvalue weighted by Crippen LogP contribution is -2.15. The van der Waals surface area contributed by atoms with Gasteiger partial charge in [-0.15, -0.1) is 0 Å². The van der Waals surface area contributed by atoms with Crippen LogP contribution in [0.3, 0.4) is 0 Å². The van der Waals surface area contributed by atoms with Crippen molar-refractivity contribution < 1.29 is 0 Å². The molecule has 1 aromatic heterocycles. The Kier molecular flexibility index (Phi) is 4.06. The summed E-state index contributed by atoms with van der Waals surface area (Å²) in [6.07, 6.45) is 0. The minimum Gasteiger partial charge on any atom is -0.309 e. The Bertz CT molecular complexity index is 2460. The van der Waals surface area contributed by atoms with Crippen molar-refractivity contribution in [3.05, 3.63) is 139 Å². The number of benzene rings is 7. The van der Waals surface area contributed by atoms with Gasteiger partial charge < -0.3 is 4.57 Å². The van der Waals surface area contributed by atoms with E-state index in [1.54, 1.807) is 0 Å². The Morgan fingerprint density at radius 1 is 0.452 bits per heavy atom. The molecule has 0 unspecified atom stereocenters. The van der Waals surface area contributed by atoms with Gasteiger partial charge in [0, 0.05) is 21.6 Å². The maximum atomic E-state index is 2.52. The van der Waals surface area contributed by atoms with E-state index in [1.165, 1.54) is 93.5 Å². The first-order valence-electron chi connectivity index (χ1n) is 14.9. The fraction of sp³-hybridized carbons (Fsp3) is 0.0732. The Morgan fingerprint density at radius 2 is 1.12 bits per heavy atom. The highest BCUT2D eigenvalue weighted by Crippen LogP contribution is 2.54. The van der Waals surface area contributed by atoms with Crippen LogP contribution in [0.2, 0.25) is 0 Å². The van der Waals surface area contributed by atoms with Gasteiger partial charge in [0.05, 0.1) is 16.7 Å². The number of para-hydroxylation sites is 1. The predicted octanol–water partition coefficient (Wildman–Crippen LogP) is 11.0. The second-order valence-corrected chi connectivity index (χ2v) is 12.5. The molecule has 0 saturated heterocycles. The van der Waals surface area contributed by atoms with E-state index in [4.69, 9.17) is 0 Å². The van der Waals surface area contributed by atoms with E-state index in [2.05, 4.69) is 146 Å². The summed E-state index contributed by atoms with van der Waals surface area (Å²) < 4.78 is 2.52. The highest BCUT2D eigenvalue weighted by molar-refractivity contribution is 6.19. The fourth-order valence-electron chi connectivity index (χ4n) is 8.31. The molecule has 0 spiro atoms. The molecule has 0 N–H and O–H groups in total. The number of nitrogens with zero attached hydrogens (tertiary/aromatic N) is 1. The molecule has 2 aliphatic carbocycles. The number of fused-ring (bicyclic) bond motifs is 11. The van der Waals surface area contributed by atoms with Crippen LogP contribution in [0.15, 0.2) is 127 Å². The molecular weight excluding hydrogens is 506 g/mol. The molecule has 0 atom stereocenters. The van der Waals surface area contributed by atoms with Crippen molar-refractivity contribution in [2.45, 2.75) is 19.3 Å². The van der Waals surface area contributed by atoms with Gasteiger partial charge >= 0.3 is 0 Å². The van der Waals surface area contributed by atoms with Crippen LogP contribution in [0.5, 0.6) is 0 Å². The SMILES string of the molecule is CC1(C)c2cc3c(cc2-c2ccc4ccccc4c21)c1ccccc1n3-c1ccc2c3c(cccc13)-c1ccccc1-2. The van der Waals surface area contributed by atoms with Crippen molar-refractivity contribution in [3.63, 3.8) is 0 Å². The highest BCUT2D eigenvalue weighted by atomic mass is 15.0. The van der Waals surface area contributed by atoms with Gasteiger partial charge in [0.25, 0.3) is 0 Å². The summed E-state index contributed by atoms with van der Waals surface area (Å²) in [5.41, 5.74) is 14.6. The standard InChI is InChI=1S/C41H27N/c1-41(2)35-23-38-34(22-33(35)31-19-18-24-10-3-4-11-25(24)40(31)41)28-14-7-8-17-36(28)42(38)37-21-20-30-27-13-6-5-12-26(27)29-15-9-16-32(37)39(29)30/h3-23H,1-2H3. The summed E-state index contributed by atoms with van der Waals surface area (Å²) in [5, 5.41) is 7.95. The second kappa shape index (κ2) is 7.57. The van der Waals surface area contributed by atoms with Crippen LogP contribution in [-0.4, -0.2) is 4.57 Å². The first kappa shape index (κ1) is 22.5. The van der Waals surface area contributed by atoms with E-state index in [-0.39, 0.29) is 5.41 Å². The molecule has 196 valence electrons. The fourth-order valence-corrected chi connectivity index (χ4v) is 8.31. The van der Waals surface area contributed by atoms with E-state index < -0.39 is 0 Å². The molecule has 0 amide bonds. The van der Waals surface area contributed by atoms with Crippen LogP contribution in [0, 0.1) is 0 Å². The van der Waals surface area contributed by atoms with Crippen molar-refractivity contribution in [1.29, 1.82) is 0 Å². The van der Waals surface area contributed by atoms with Crippen LogP contribution >= 0.6 is 0 Å². The number of hydrogen-bond donors (Lipinski definition) is 0. The summed E-state index contributed by atoms with van der Waals surface area (Å²) in [6, 6.07) is 47.7. The lowest BCUT2D eigenvalue weighted by molar-refractivity contribution is 0.667. The van der Waals surface area contributed by atoms with Crippen LogP contribution in [0.4, 0.5) is 0 Å². The number of rotatable bonds is 1. The minimum atomic E-state index is -0.106. The molecule has 0 bridgehead atoms. The molecule has 0 aliphatic heterocycles. The average Bonchev–Trinajstić information content (AvgIpc) is 3.61. The smallest absolute Gasteiger partial charge is 0.0544 e. The monoisotopic (exact) mass is 533 g/mol. The highest BCUT2D eigenvalue weighted by Gasteiger charge is 2.38. The van der Waals surface area contributed by atoms with Crippen molar-refractivity contribution in [2.24, 2.45) is 0 Å². The van der Waals surface area contributed by atoms with Crippen LogP contribution in [-0.2, 0) is 5.41 Å². The zero-order valence-electron chi connectivity index (χ0n) is 23.6. The first-order valence-corrected chi connectivity index (χ1v) is 14.9. The molecule has 7 aromatic carbocycles. The van der Waals surface area contributed by atoms with E-state index in [0.717, 1.165) is 0 Å². The van der Waals surface area contributed by atoms with E-state index in [9.17, 15) is 0 Å².